The third-order valence-corrected chi connectivity index (χ3v) is 6.05. The average Bonchev–Trinajstić information content (AvgIpc) is 3.25. The maximum atomic E-state index is 12.5. The Hall–Kier alpha value is -3.13. The monoisotopic (exact) mass is 426 g/mol. The summed E-state index contributed by atoms with van der Waals surface area (Å²) in [5.74, 6) is -0.0154. The van der Waals surface area contributed by atoms with Crippen LogP contribution < -0.4 is 10.0 Å². The van der Waals surface area contributed by atoms with E-state index in [0.29, 0.717) is 25.1 Å². The molecular weight excluding hydrogens is 400 g/mol. The lowest BCUT2D eigenvalue weighted by Crippen LogP contribution is -2.25. The first-order valence-corrected chi connectivity index (χ1v) is 11.3. The minimum absolute atomic E-state index is 0.0154. The molecule has 0 unspecified atom stereocenters. The van der Waals surface area contributed by atoms with Gasteiger partial charge in [-0.1, -0.05) is 29.8 Å². The van der Waals surface area contributed by atoms with Gasteiger partial charge in [0.25, 0.3) is 10.0 Å². The van der Waals surface area contributed by atoms with Gasteiger partial charge in [0.1, 0.15) is 0 Å². The van der Waals surface area contributed by atoms with Crippen molar-refractivity contribution in [3.8, 4) is 0 Å². The Morgan fingerprint density at radius 1 is 1.07 bits per heavy atom. The number of rotatable bonds is 10. The SMILES string of the molecule is Cc1ccc(NS(=O)(=O)c2ccc(CCC(=O)NCCCn3ccnc3)cc2)cc1. The molecule has 1 amide bonds. The Morgan fingerprint density at radius 3 is 2.47 bits per heavy atom. The first-order chi connectivity index (χ1) is 14.4. The Balaban J connectivity index is 1.44. The molecule has 2 N–H and O–H groups in total. The number of hydrogen-bond donors (Lipinski definition) is 2. The Labute approximate surface area is 177 Å². The molecule has 1 heterocycles. The second-order valence-electron chi connectivity index (χ2n) is 7.12. The van der Waals surface area contributed by atoms with Gasteiger partial charge in [0.2, 0.25) is 5.91 Å². The molecule has 2 aromatic carbocycles. The fourth-order valence-corrected chi connectivity index (χ4v) is 3.98. The van der Waals surface area contributed by atoms with E-state index in [1.807, 2.05) is 29.8 Å². The number of benzene rings is 2. The second-order valence-corrected chi connectivity index (χ2v) is 8.80. The van der Waals surface area contributed by atoms with Crippen LogP contribution in [0.25, 0.3) is 0 Å². The summed E-state index contributed by atoms with van der Waals surface area (Å²) in [6, 6.07) is 13.8. The predicted octanol–water partition coefficient (Wildman–Crippen LogP) is 3.13. The Kier molecular flexibility index (Phi) is 7.24. The normalized spacial score (nSPS) is 11.2. The lowest BCUT2D eigenvalue weighted by molar-refractivity contribution is -0.121. The van der Waals surface area contributed by atoms with Crippen LogP contribution in [0, 0.1) is 6.92 Å². The molecule has 0 saturated carbocycles. The number of nitrogens with one attached hydrogen (secondary N) is 2. The lowest BCUT2D eigenvalue weighted by Gasteiger charge is -2.09. The van der Waals surface area contributed by atoms with Crippen molar-refractivity contribution < 1.29 is 13.2 Å². The highest BCUT2D eigenvalue weighted by atomic mass is 32.2. The summed E-state index contributed by atoms with van der Waals surface area (Å²) in [4.78, 5) is 16.2. The molecule has 0 bridgehead atoms. The van der Waals surface area contributed by atoms with Crippen LogP contribution in [-0.4, -0.2) is 30.4 Å². The zero-order valence-corrected chi connectivity index (χ0v) is 17.7. The van der Waals surface area contributed by atoms with E-state index in [4.69, 9.17) is 0 Å². The van der Waals surface area contributed by atoms with Crippen molar-refractivity contribution in [2.24, 2.45) is 0 Å². The highest BCUT2D eigenvalue weighted by Gasteiger charge is 2.14. The molecule has 0 spiro atoms. The van der Waals surface area contributed by atoms with E-state index in [1.165, 1.54) is 0 Å². The van der Waals surface area contributed by atoms with Crippen molar-refractivity contribution in [2.75, 3.05) is 11.3 Å². The molecular formula is C22H26N4O3S. The lowest BCUT2D eigenvalue weighted by atomic mass is 10.1. The topological polar surface area (TPSA) is 93.1 Å². The summed E-state index contributed by atoms with van der Waals surface area (Å²) in [7, 11) is -3.64. The molecule has 7 nitrogen and oxygen atoms in total. The Bertz CT molecular complexity index is 1040. The minimum atomic E-state index is -3.64. The van der Waals surface area contributed by atoms with Crippen LogP contribution in [0.4, 0.5) is 5.69 Å². The second kappa shape index (κ2) is 10.1. The van der Waals surface area contributed by atoms with Gasteiger partial charge in [-0.15, -0.1) is 0 Å². The van der Waals surface area contributed by atoms with Gasteiger partial charge in [-0.05, 0) is 49.6 Å². The zero-order valence-electron chi connectivity index (χ0n) is 16.9. The molecule has 1 aromatic heterocycles. The molecule has 0 fully saturated rings. The van der Waals surface area contributed by atoms with Crippen molar-refractivity contribution >= 4 is 21.6 Å². The van der Waals surface area contributed by atoms with Crippen molar-refractivity contribution in [3.63, 3.8) is 0 Å². The van der Waals surface area contributed by atoms with Gasteiger partial charge < -0.3 is 9.88 Å². The summed E-state index contributed by atoms with van der Waals surface area (Å²) in [5, 5.41) is 2.90. The highest BCUT2D eigenvalue weighted by Crippen LogP contribution is 2.17. The van der Waals surface area contributed by atoms with Crippen molar-refractivity contribution in [2.45, 2.75) is 37.6 Å². The standard InChI is InChI=1S/C22H26N4O3S/c1-18-3-8-20(9-4-18)25-30(28,29)21-10-5-19(6-11-21)7-12-22(27)24-13-2-15-26-16-14-23-17-26/h3-6,8-11,14,16-17,25H,2,7,12-13,15H2,1H3,(H,24,27). The molecule has 0 aliphatic rings. The van der Waals surface area contributed by atoms with E-state index in [9.17, 15) is 13.2 Å². The van der Waals surface area contributed by atoms with E-state index >= 15 is 0 Å². The molecule has 3 rings (SSSR count). The van der Waals surface area contributed by atoms with E-state index in [2.05, 4.69) is 15.0 Å². The van der Waals surface area contributed by atoms with Crippen molar-refractivity contribution in [1.82, 2.24) is 14.9 Å². The minimum Gasteiger partial charge on any atom is -0.356 e. The summed E-state index contributed by atoms with van der Waals surface area (Å²) in [6.45, 7) is 3.37. The summed E-state index contributed by atoms with van der Waals surface area (Å²) >= 11 is 0. The fourth-order valence-electron chi connectivity index (χ4n) is 2.93. The van der Waals surface area contributed by atoms with E-state index in [-0.39, 0.29) is 10.8 Å². The quantitative estimate of drug-likeness (QED) is 0.487. The fraction of sp³-hybridized carbons (Fsp3) is 0.273. The highest BCUT2D eigenvalue weighted by molar-refractivity contribution is 7.92. The molecule has 0 aliphatic carbocycles. The van der Waals surface area contributed by atoms with Crippen molar-refractivity contribution in [3.05, 3.63) is 78.4 Å². The van der Waals surface area contributed by atoms with Gasteiger partial charge in [-0.3, -0.25) is 9.52 Å². The van der Waals surface area contributed by atoms with E-state index in [0.717, 1.165) is 24.1 Å². The number of carbonyl (C=O) groups excluding carboxylic acids is 1. The number of aryl methyl sites for hydroxylation is 3. The van der Waals surface area contributed by atoms with Gasteiger partial charge in [-0.25, -0.2) is 13.4 Å². The first kappa shape index (κ1) is 21.6. The average molecular weight is 427 g/mol. The van der Waals surface area contributed by atoms with Gasteiger partial charge in [-0.2, -0.15) is 0 Å². The smallest absolute Gasteiger partial charge is 0.261 e. The number of amides is 1. The molecule has 8 heteroatoms. The van der Waals surface area contributed by atoms with Crippen LogP contribution in [0.2, 0.25) is 0 Å². The van der Waals surface area contributed by atoms with Crippen LogP contribution in [-0.2, 0) is 27.8 Å². The van der Waals surface area contributed by atoms with Gasteiger partial charge in [0.05, 0.1) is 11.2 Å². The van der Waals surface area contributed by atoms with E-state index < -0.39 is 10.0 Å². The number of imidazole rings is 1. The number of hydrogen-bond acceptors (Lipinski definition) is 4. The van der Waals surface area contributed by atoms with Crippen LogP contribution in [0.1, 0.15) is 24.0 Å². The van der Waals surface area contributed by atoms with Crippen LogP contribution >= 0.6 is 0 Å². The van der Waals surface area contributed by atoms with Crippen LogP contribution in [0.15, 0.2) is 72.1 Å². The van der Waals surface area contributed by atoms with Crippen LogP contribution in [0.3, 0.4) is 0 Å². The zero-order chi connectivity index (χ0) is 21.4. The third kappa shape index (κ3) is 6.45. The number of sulfonamides is 1. The summed E-state index contributed by atoms with van der Waals surface area (Å²) < 4.78 is 29.6. The number of anilines is 1. The first-order valence-electron chi connectivity index (χ1n) is 9.83. The number of nitrogens with zero attached hydrogens (tertiary/aromatic N) is 2. The summed E-state index contributed by atoms with van der Waals surface area (Å²) in [6.07, 6.45) is 7.12. The van der Waals surface area contributed by atoms with Crippen LogP contribution in [0.5, 0.6) is 0 Å². The van der Waals surface area contributed by atoms with Gasteiger partial charge in [0.15, 0.2) is 0 Å². The van der Waals surface area contributed by atoms with Gasteiger partial charge >= 0.3 is 0 Å². The summed E-state index contributed by atoms with van der Waals surface area (Å²) in [5.41, 5.74) is 2.50. The molecule has 0 radical (unpaired) electrons. The third-order valence-electron chi connectivity index (χ3n) is 4.65. The molecule has 3 aromatic rings. The Morgan fingerprint density at radius 2 is 1.80 bits per heavy atom. The largest absolute Gasteiger partial charge is 0.356 e. The number of aromatic nitrogens is 2. The maximum Gasteiger partial charge on any atom is 0.261 e. The van der Waals surface area contributed by atoms with Crippen molar-refractivity contribution in [1.29, 1.82) is 0 Å². The molecule has 0 aliphatic heterocycles. The molecule has 0 saturated heterocycles. The number of carbonyl (C=O) groups is 1. The van der Waals surface area contributed by atoms with E-state index in [1.54, 1.807) is 48.9 Å². The molecule has 0 atom stereocenters. The predicted molar refractivity (Wildman–Crippen MR) is 117 cm³/mol. The molecule has 158 valence electrons. The van der Waals surface area contributed by atoms with Gasteiger partial charge in [0, 0.05) is 37.6 Å². The maximum absolute atomic E-state index is 12.5. The molecule has 30 heavy (non-hydrogen) atoms.